The lowest BCUT2D eigenvalue weighted by atomic mass is 10.3. The van der Waals surface area contributed by atoms with E-state index in [1.54, 1.807) is 6.21 Å². The maximum Gasteiger partial charge on any atom is 0.0462 e. The Labute approximate surface area is 50.1 Å². The molecular formula is C6H12N2. The zero-order valence-electron chi connectivity index (χ0n) is 5.17. The largest absolute Gasteiger partial charge is 0.323 e. The molecular weight excluding hydrogens is 100 g/mol. The predicted octanol–water partition coefficient (Wildman–Crippen LogP) is 1.29. The minimum absolute atomic E-state index is 1.10. The Morgan fingerprint density at radius 2 is 2.38 bits per heavy atom. The zero-order valence-corrected chi connectivity index (χ0v) is 5.17. The van der Waals surface area contributed by atoms with Crippen molar-refractivity contribution in [3.63, 3.8) is 0 Å². The Morgan fingerprint density at radius 1 is 1.62 bits per heavy atom. The van der Waals surface area contributed by atoms with Gasteiger partial charge in [0, 0.05) is 6.21 Å². The predicted molar refractivity (Wildman–Crippen MR) is 36.7 cm³/mol. The van der Waals surface area contributed by atoms with Crippen molar-refractivity contribution in [3.05, 3.63) is 12.2 Å². The smallest absolute Gasteiger partial charge is 0.0462 e. The molecule has 0 aliphatic rings. The van der Waals surface area contributed by atoms with E-state index in [0.717, 1.165) is 6.42 Å². The third-order valence-electron chi connectivity index (χ3n) is 0.764. The molecule has 0 saturated carbocycles. The fourth-order valence-corrected chi connectivity index (χ4v) is 0.373. The molecule has 0 heterocycles. The van der Waals surface area contributed by atoms with Crippen molar-refractivity contribution < 1.29 is 0 Å². The number of nitrogens with two attached hydrogens (primary N) is 1. The summed E-state index contributed by atoms with van der Waals surface area (Å²) < 4.78 is 0. The highest BCUT2D eigenvalue weighted by Gasteiger charge is 1.67. The molecule has 0 unspecified atom stereocenters. The van der Waals surface area contributed by atoms with Gasteiger partial charge in [0.15, 0.2) is 0 Å². The maximum atomic E-state index is 4.83. The van der Waals surface area contributed by atoms with E-state index >= 15 is 0 Å². The van der Waals surface area contributed by atoms with Crippen LogP contribution in [-0.4, -0.2) is 6.21 Å². The number of unbranched alkanes of at least 4 members (excludes halogenated alkanes) is 1. The van der Waals surface area contributed by atoms with Gasteiger partial charge in [0.2, 0.25) is 0 Å². The van der Waals surface area contributed by atoms with Gasteiger partial charge < -0.3 is 5.84 Å². The Morgan fingerprint density at radius 3 is 2.88 bits per heavy atom. The summed E-state index contributed by atoms with van der Waals surface area (Å²) in [6.45, 7) is 2.13. The number of hydrazone groups is 1. The second-order valence-electron chi connectivity index (χ2n) is 1.51. The molecule has 0 aliphatic heterocycles. The number of hydrogen-bond donors (Lipinski definition) is 1. The van der Waals surface area contributed by atoms with Crippen LogP contribution in [0.1, 0.15) is 19.8 Å². The van der Waals surface area contributed by atoms with Crippen LogP contribution in [0.2, 0.25) is 0 Å². The van der Waals surface area contributed by atoms with Gasteiger partial charge in [0.25, 0.3) is 0 Å². The van der Waals surface area contributed by atoms with Crippen LogP contribution < -0.4 is 5.84 Å². The average molecular weight is 112 g/mol. The van der Waals surface area contributed by atoms with E-state index < -0.39 is 0 Å². The molecule has 0 radical (unpaired) electrons. The van der Waals surface area contributed by atoms with Crippen molar-refractivity contribution in [1.82, 2.24) is 0 Å². The highest BCUT2D eigenvalue weighted by Crippen LogP contribution is 1.85. The first-order valence-electron chi connectivity index (χ1n) is 2.80. The van der Waals surface area contributed by atoms with Crippen molar-refractivity contribution in [2.45, 2.75) is 19.8 Å². The van der Waals surface area contributed by atoms with Gasteiger partial charge in [0.05, 0.1) is 0 Å². The number of hydrogen-bond acceptors (Lipinski definition) is 2. The van der Waals surface area contributed by atoms with Gasteiger partial charge in [-0.15, -0.1) is 0 Å². The summed E-state index contributed by atoms with van der Waals surface area (Å²) in [6.07, 6.45) is 7.75. The fourth-order valence-electron chi connectivity index (χ4n) is 0.373. The second-order valence-corrected chi connectivity index (χ2v) is 1.51. The SMILES string of the molecule is CCC/C=C/C=N/N. The van der Waals surface area contributed by atoms with Crippen molar-refractivity contribution in [2.75, 3.05) is 0 Å². The molecule has 0 fully saturated rings. The molecule has 0 spiro atoms. The minimum atomic E-state index is 1.10. The van der Waals surface area contributed by atoms with Gasteiger partial charge in [-0.25, -0.2) is 0 Å². The van der Waals surface area contributed by atoms with Crippen LogP contribution in [0.25, 0.3) is 0 Å². The Bertz CT molecular complexity index is 84.5. The zero-order chi connectivity index (χ0) is 6.24. The number of rotatable bonds is 3. The topological polar surface area (TPSA) is 38.4 Å². The van der Waals surface area contributed by atoms with Crippen LogP contribution in [0.3, 0.4) is 0 Å². The lowest BCUT2D eigenvalue weighted by molar-refractivity contribution is 0.960. The van der Waals surface area contributed by atoms with Gasteiger partial charge in [-0.05, 0) is 12.5 Å². The lowest BCUT2D eigenvalue weighted by Gasteiger charge is -1.77. The van der Waals surface area contributed by atoms with E-state index in [9.17, 15) is 0 Å². The van der Waals surface area contributed by atoms with Gasteiger partial charge in [0.1, 0.15) is 0 Å². The van der Waals surface area contributed by atoms with Crippen molar-refractivity contribution in [1.29, 1.82) is 0 Å². The van der Waals surface area contributed by atoms with E-state index in [-0.39, 0.29) is 0 Å². The molecule has 2 heteroatoms. The molecule has 0 atom stereocenters. The molecule has 0 aromatic heterocycles. The van der Waals surface area contributed by atoms with Crippen molar-refractivity contribution >= 4 is 6.21 Å². The third kappa shape index (κ3) is 5.21. The average Bonchev–Trinajstić information content (AvgIpc) is 1.81. The van der Waals surface area contributed by atoms with E-state index in [2.05, 4.69) is 12.0 Å². The van der Waals surface area contributed by atoms with Crippen LogP contribution in [-0.2, 0) is 0 Å². The van der Waals surface area contributed by atoms with E-state index in [1.165, 1.54) is 6.42 Å². The van der Waals surface area contributed by atoms with Gasteiger partial charge in [-0.1, -0.05) is 19.4 Å². The van der Waals surface area contributed by atoms with E-state index in [4.69, 9.17) is 5.84 Å². The molecule has 0 aliphatic carbocycles. The molecule has 0 saturated heterocycles. The first-order valence-corrected chi connectivity index (χ1v) is 2.80. The summed E-state index contributed by atoms with van der Waals surface area (Å²) in [6, 6.07) is 0. The Hall–Kier alpha value is -0.790. The minimum Gasteiger partial charge on any atom is -0.323 e. The van der Waals surface area contributed by atoms with Crippen LogP contribution in [0, 0.1) is 0 Å². The highest BCUT2D eigenvalue weighted by molar-refractivity contribution is 5.70. The quantitative estimate of drug-likeness (QED) is 0.333. The van der Waals surface area contributed by atoms with E-state index in [1.807, 2.05) is 12.2 Å². The molecule has 0 aromatic rings. The van der Waals surface area contributed by atoms with Crippen LogP contribution in [0.4, 0.5) is 0 Å². The molecule has 0 amide bonds. The first-order chi connectivity index (χ1) is 3.91. The number of nitrogens with zero attached hydrogens (tertiary/aromatic N) is 1. The molecule has 46 valence electrons. The summed E-state index contributed by atoms with van der Waals surface area (Å²) in [5.41, 5.74) is 0. The van der Waals surface area contributed by atoms with Crippen molar-refractivity contribution in [2.24, 2.45) is 10.9 Å². The highest BCUT2D eigenvalue weighted by atomic mass is 15.1. The Kier molecular flexibility index (Phi) is 5.60. The molecule has 8 heavy (non-hydrogen) atoms. The summed E-state index contributed by atoms with van der Waals surface area (Å²) in [4.78, 5) is 0. The van der Waals surface area contributed by atoms with Gasteiger partial charge >= 0.3 is 0 Å². The number of allylic oxidation sites excluding steroid dienone is 2. The second kappa shape index (κ2) is 6.21. The van der Waals surface area contributed by atoms with Crippen molar-refractivity contribution in [3.8, 4) is 0 Å². The summed E-state index contributed by atoms with van der Waals surface area (Å²) >= 11 is 0. The van der Waals surface area contributed by atoms with Crippen LogP contribution in [0.5, 0.6) is 0 Å². The fraction of sp³-hybridized carbons (Fsp3) is 0.500. The van der Waals surface area contributed by atoms with Gasteiger partial charge in [-0.3, -0.25) is 0 Å². The van der Waals surface area contributed by atoms with Crippen LogP contribution >= 0.6 is 0 Å². The standard InChI is InChI=1S/C6H12N2/c1-2-3-4-5-6-8-7/h4-6H,2-3,7H2,1H3/b5-4+,8-6+. The third-order valence-corrected chi connectivity index (χ3v) is 0.764. The lowest BCUT2D eigenvalue weighted by Crippen LogP contribution is -1.77. The normalized spacial score (nSPS) is 11.6. The van der Waals surface area contributed by atoms with Gasteiger partial charge in [-0.2, -0.15) is 5.10 Å². The maximum absolute atomic E-state index is 4.83. The molecule has 0 bridgehead atoms. The molecule has 0 aromatic carbocycles. The summed E-state index contributed by atoms with van der Waals surface area (Å²) in [5, 5.41) is 3.30. The first kappa shape index (κ1) is 7.21. The molecule has 2 N–H and O–H groups in total. The monoisotopic (exact) mass is 112 g/mol. The molecule has 2 nitrogen and oxygen atoms in total. The summed E-state index contributed by atoms with van der Waals surface area (Å²) in [7, 11) is 0. The van der Waals surface area contributed by atoms with Crippen LogP contribution in [0.15, 0.2) is 17.3 Å². The molecule has 0 rings (SSSR count). The Balaban J connectivity index is 3.07. The summed E-state index contributed by atoms with van der Waals surface area (Å²) in [5.74, 6) is 4.83. The van der Waals surface area contributed by atoms with E-state index in [0.29, 0.717) is 0 Å².